The lowest BCUT2D eigenvalue weighted by molar-refractivity contribution is 0.588. The van der Waals surface area contributed by atoms with E-state index in [1.165, 1.54) is 18.3 Å². The van der Waals surface area contributed by atoms with Crippen LogP contribution in [0.1, 0.15) is 5.56 Å². The average Bonchev–Trinajstić information content (AvgIpc) is 2.63. The maximum absolute atomic E-state index is 13.0. The summed E-state index contributed by atoms with van der Waals surface area (Å²) in [6.07, 6.45) is 1.49. The molecule has 0 amide bonds. The zero-order valence-electron chi connectivity index (χ0n) is 14.9. The first-order valence-corrected chi connectivity index (χ1v) is 11.2. The highest BCUT2D eigenvalue weighted by molar-refractivity contribution is 7.70. The summed E-state index contributed by atoms with van der Waals surface area (Å²) >= 11 is 6.22. The Bertz CT molecular complexity index is 991. The SMILES string of the molecule is CP(C)(=O)c1ccccc1Nc1nc(NCc2ccc(F)cc2)ncc1Cl. The summed E-state index contributed by atoms with van der Waals surface area (Å²) in [5.41, 5.74) is 1.59. The van der Waals surface area contributed by atoms with Gasteiger partial charge in [0, 0.05) is 11.8 Å². The van der Waals surface area contributed by atoms with E-state index in [4.69, 9.17) is 11.6 Å². The largest absolute Gasteiger partial charge is 0.350 e. The maximum Gasteiger partial charge on any atom is 0.224 e. The first-order valence-electron chi connectivity index (χ1n) is 8.25. The second-order valence-corrected chi connectivity index (χ2v) is 9.95. The number of nitrogens with zero attached hydrogens (tertiary/aromatic N) is 2. The van der Waals surface area contributed by atoms with E-state index in [0.29, 0.717) is 29.0 Å². The van der Waals surface area contributed by atoms with Gasteiger partial charge < -0.3 is 15.2 Å². The molecule has 2 aromatic carbocycles. The highest BCUT2D eigenvalue weighted by Crippen LogP contribution is 2.38. The van der Waals surface area contributed by atoms with Crippen molar-refractivity contribution in [2.45, 2.75) is 6.54 Å². The molecule has 8 heteroatoms. The monoisotopic (exact) mass is 404 g/mol. The van der Waals surface area contributed by atoms with Gasteiger partial charge in [0.25, 0.3) is 0 Å². The minimum Gasteiger partial charge on any atom is -0.350 e. The van der Waals surface area contributed by atoms with Crippen molar-refractivity contribution in [3.8, 4) is 0 Å². The van der Waals surface area contributed by atoms with Gasteiger partial charge in [-0.1, -0.05) is 35.9 Å². The summed E-state index contributed by atoms with van der Waals surface area (Å²) in [5.74, 6) is 0.504. The van der Waals surface area contributed by atoms with Crippen LogP contribution in [0.4, 0.5) is 21.8 Å². The molecule has 5 nitrogen and oxygen atoms in total. The Morgan fingerprint density at radius 1 is 1.11 bits per heavy atom. The molecule has 0 saturated carbocycles. The van der Waals surface area contributed by atoms with Crippen molar-refractivity contribution >= 4 is 41.5 Å². The first-order chi connectivity index (χ1) is 12.8. The molecule has 1 aromatic heterocycles. The maximum atomic E-state index is 13.0. The molecular formula is C19H19ClFN4OP. The third-order valence-electron chi connectivity index (χ3n) is 3.85. The van der Waals surface area contributed by atoms with Gasteiger partial charge >= 0.3 is 0 Å². The third kappa shape index (κ3) is 5.06. The fraction of sp³-hybridized carbons (Fsp3) is 0.158. The van der Waals surface area contributed by atoms with Crippen LogP contribution in [0.2, 0.25) is 5.02 Å². The topological polar surface area (TPSA) is 66.9 Å². The Morgan fingerprint density at radius 2 is 1.81 bits per heavy atom. The molecule has 0 atom stereocenters. The highest BCUT2D eigenvalue weighted by atomic mass is 35.5. The second kappa shape index (κ2) is 8.07. The number of halogens is 2. The van der Waals surface area contributed by atoms with Crippen molar-refractivity contribution in [1.82, 2.24) is 9.97 Å². The third-order valence-corrected chi connectivity index (χ3v) is 5.67. The van der Waals surface area contributed by atoms with Gasteiger partial charge in [-0.15, -0.1) is 0 Å². The number of rotatable bonds is 6. The lowest BCUT2D eigenvalue weighted by Gasteiger charge is -2.15. The van der Waals surface area contributed by atoms with Gasteiger partial charge in [-0.25, -0.2) is 9.37 Å². The van der Waals surface area contributed by atoms with Gasteiger partial charge in [-0.2, -0.15) is 4.98 Å². The molecular weight excluding hydrogens is 386 g/mol. The van der Waals surface area contributed by atoms with Crippen molar-refractivity contribution in [3.05, 3.63) is 71.1 Å². The lowest BCUT2D eigenvalue weighted by atomic mass is 10.2. The van der Waals surface area contributed by atoms with Gasteiger partial charge in [0.15, 0.2) is 5.82 Å². The van der Waals surface area contributed by atoms with E-state index in [-0.39, 0.29) is 5.82 Å². The molecule has 0 saturated heterocycles. The van der Waals surface area contributed by atoms with E-state index in [1.54, 1.807) is 25.5 Å². The summed E-state index contributed by atoms with van der Waals surface area (Å²) in [6.45, 7) is 3.87. The van der Waals surface area contributed by atoms with Gasteiger partial charge in [0.2, 0.25) is 5.95 Å². The van der Waals surface area contributed by atoms with Crippen LogP contribution in [-0.2, 0) is 11.1 Å². The van der Waals surface area contributed by atoms with Crippen LogP contribution in [-0.4, -0.2) is 23.3 Å². The minimum atomic E-state index is -2.47. The average molecular weight is 405 g/mol. The number of nitrogens with one attached hydrogen (secondary N) is 2. The van der Waals surface area contributed by atoms with Gasteiger partial charge in [0.05, 0.1) is 11.9 Å². The van der Waals surface area contributed by atoms with Crippen LogP contribution in [0, 0.1) is 5.82 Å². The predicted octanol–water partition coefficient (Wildman–Crippen LogP) is 4.87. The van der Waals surface area contributed by atoms with Crippen LogP contribution < -0.4 is 15.9 Å². The van der Waals surface area contributed by atoms with E-state index in [2.05, 4.69) is 20.6 Å². The molecule has 0 aliphatic rings. The standard InChI is InChI=1S/C19H19ClFN4OP/c1-27(2,26)17-6-4-3-5-16(17)24-18-15(20)12-23-19(25-18)22-11-13-7-9-14(21)10-8-13/h3-10,12H,11H2,1-2H3,(H2,22,23,24,25). The normalized spacial score (nSPS) is 11.3. The Kier molecular flexibility index (Phi) is 5.78. The zero-order valence-corrected chi connectivity index (χ0v) is 16.6. The number of anilines is 3. The summed E-state index contributed by atoms with van der Waals surface area (Å²) in [6, 6.07) is 13.5. The van der Waals surface area contributed by atoms with Crippen molar-refractivity contribution < 1.29 is 8.96 Å². The summed E-state index contributed by atoms with van der Waals surface area (Å²) < 4.78 is 25.5. The molecule has 0 fully saturated rings. The van der Waals surface area contributed by atoms with Crippen molar-refractivity contribution in [2.24, 2.45) is 0 Å². The number of benzene rings is 2. The van der Waals surface area contributed by atoms with Crippen molar-refractivity contribution in [1.29, 1.82) is 0 Å². The fourth-order valence-corrected chi connectivity index (χ4v) is 3.79. The van der Waals surface area contributed by atoms with Crippen LogP contribution in [0.3, 0.4) is 0 Å². The van der Waals surface area contributed by atoms with Gasteiger partial charge in [-0.05, 0) is 43.2 Å². The van der Waals surface area contributed by atoms with E-state index < -0.39 is 7.14 Å². The molecule has 3 rings (SSSR count). The quantitative estimate of drug-likeness (QED) is 0.573. The Balaban J connectivity index is 1.80. The van der Waals surface area contributed by atoms with Crippen LogP contribution in [0.25, 0.3) is 0 Å². The summed E-state index contributed by atoms with van der Waals surface area (Å²) in [7, 11) is -2.47. The molecule has 0 aliphatic carbocycles. The van der Waals surface area contributed by atoms with Gasteiger partial charge in [-0.3, -0.25) is 0 Å². The molecule has 0 aliphatic heterocycles. The Morgan fingerprint density at radius 3 is 2.52 bits per heavy atom. The molecule has 0 radical (unpaired) electrons. The molecule has 0 unspecified atom stereocenters. The molecule has 3 aromatic rings. The Labute approximate surface area is 162 Å². The minimum absolute atomic E-state index is 0.282. The first kappa shape index (κ1) is 19.3. The molecule has 27 heavy (non-hydrogen) atoms. The predicted molar refractivity (Wildman–Crippen MR) is 110 cm³/mol. The molecule has 140 valence electrons. The molecule has 0 bridgehead atoms. The van der Waals surface area contributed by atoms with Crippen LogP contribution >= 0.6 is 18.7 Å². The highest BCUT2D eigenvalue weighted by Gasteiger charge is 2.17. The molecule has 2 N–H and O–H groups in total. The second-order valence-electron chi connectivity index (χ2n) is 6.36. The van der Waals surface area contributed by atoms with Crippen LogP contribution in [0.5, 0.6) is 0 Å². The van der Waals surface area contributed by atoms with Crippen LogP contribution in [0.15, 0.2) is 54.7 Å². The van der Waals surface area contributed by atoms with E-state index in [0.717, 1.165) is 10.9 Å². The molecule has 1 heterocycles. The smallest absolute Gasteiger partial charge is 0.224 e. The lowest BCUT2D eigenvalue weighted by Crippen LogP contribution is -2.11. The molecule has 0 spiro atoms. The van der Waals surface area contributed by atoms with E-state index in [9.17, 15) is 8.96 Å². The fourth-order valence-electron chi connectivity index (χ4n) is 2.50. The van der Waals surface area contributed by atoms with Crippen molar-refractivity contribution in [3.63, 3.8) is 0 Å². The number of aromatic nitrogens is 2. The van der Waals surface area contributed by atoms with E-state index in [1.807, 2.05) is 24.3 Å². The van der Waals surface area contributed by atoms with Gasteiger partial charge in [0.1, 0.15) is 18.0 Å². The summed E-state index contributed by atoms with van der Waals surface area (Å²) in [5, 5.41) is 7.30. The van der Waals surface area contributed by atoms with Crippen molar-refractivity contribution in [2.75, 3.05) is 24.0 Å². The number of para-hydroxylation sites is 1. The summed E-state index contributed by atoms with van der Waals surface area (Å²) in [4.78, 5) is 8.56. The number of hydrogen-bond donors (Lipinski definition) is 2. The Hall–Kier alpha value is -2.43. The number of hydrogen-bond acceptors (Lipinski definition) is 5. The zero-order chi connectivity index (χ0) is 19.4. The van der Waals surface area contributed by atoms with E-state index >= 15 is 0 Å².